The van der Waals surface area contributed by atoms with Gasteiger partial charge < -0.3 is 4.74 Å². The zero-order chi connectivity index (χ0) is 22.3. The van der Waals surface area contributed by atoms with Crippen molar-refractivity contribution in [2.24, 2.45) is 0 Å². The lowest BCUT2D eigenvalue weighted by Gasteiger charge is -2.31. The second kappa shape index (κ2) is 10.5. The molecule has 0 saturated heterocycles. The van der Waals surface area contributed by atoms with Crippen LogP contribution in [0.3, 0.4) is 0 Å². The molecule has 1 aliphatic heterocycles. The maximum atomic E-state index is 13.0. The van der Waals surface area contributed by atoms with Crippen molar-refractivity contribution in [3.05, 3.63) is 78.4 Å². The van der Waals surface area contributed by atoms with Crippen LogP contribution in [0.4, 0.5) is 11.4 Å². The fourth-order valence-electron chi connectivity index (χ4n) is 3.47. The average Bonchev–Trinajstić information content (AvgIpc) is 2.74. The molecule has 1 N–H and O–H groups in total. The standard InChI is InChI=1S/C24H31N3O3S/c1-4-15-26(3)16-5-6-18-30-23-13-14-24-21(19-23)8-7-17-27(24)31(28,29)25-22-11-9-20(2)10-12-22/h4-6,9-14,19,25H,1,7-8,15-18H2,2-3H3. The van der Waals surface area contributed by atoms with E-state index in [-0.39, 0.29) is 0 Å². The number of nitrogens with one attached hydrogen (secondary N) is 1. The lowest BCUT2D eigenvalue weighted by molar-refractivity contribution is 0.360. The quantitative estimate of drug-likeness (QED) is 0.563. The Morgan fingerprint density at radius 2 is 1.94 bits per heavy atom. The Balaban J connectivity index is 1.65. The first-order valence-electron chi connectivity index (χ1n) is 10.5. The van der Waals surface area contributed by atoms with Gasteiger partial charge in [0.2, 0.25) is 0 Å². The van der Waals surface area contributed by atoms with Gasteiger partial charge in [0.15, 0.2) is 0 Å². The monoisotopic (exact) mass is 441 g/mol. The molecule has 0 atom stereocenters. The Hall–Kier alpha value is -2.77. The molecule has 166 valence electrons. The van der Waals surface area contributed by atoms with Gasteiger partial charge >= 0.3 is 10.2 Å². The lowest BCUT2D eigenvalue weighted by atomic mass is 10.0. The molecule has 0 aliphatic carbocycles. The molecule has 7 heteroatoms. The molecule has 0 bridgehead atoms. The van der Waals surface area contributed by atoms with E-state index in [9.17, 15) is 8.42 Å². The van der Waals surface area contributed by atoms with Gasteiger partial charge in [-0.1, -0.05) is 35.9 Å². The topological polar surface area (TPSA) is 61.9 Å². The predicted octanol–water partition coefficient (Wildman–Crippen LogP) is 4.16. The van der Waals surface area contributed by atoms with Crippen molar-refractivity contribution in [2.45, 2.75) is 19.8 Å². The number of likely N-dealkylation sites (N-methyl/N-ethyl adjacent to an activating group) is 1. The summed E-state index contributed by atoms with van der Waals surface area (Å²) in [6.45, 7) is 8.30. The van der Waals surface area contributed by atoms with E-state index in [1.54, 1.807) is 12.1 Å². The number of hydrogen-bond donors (Lipinski definition) is 1. The summed E-state index contributed by atoms with van der Waals surface area (Å²) in [6, 6.07) is 12.9. The summed E-state index contributed by atoms with van der Waals surface area (Å²) < 4.78 is 36.0. The highest BCUT2D eigenvalue weighted by Gasteiger charge is 2.27. The van der Waals surface area contributed by atoms with Crippen LogP contribution in [0.1, 0.15) is 17.5 Å². The SMILES string of the molecule is C=CCN(C)CC=CCOc1ccc2c(c1)CCCN2S(=O)(=O)Nc1ccc(C)cc1. The molecule has 1 aliphatic rings. The number of anilines is 2. The van der Waals surface area contributed by atoms with Gasteiger partial charge in [-0.2, -0.15) is 8.42 Å². The van der Waals surface area contributed by atoms with Gasteiger partial charge in [-0.3, -0.25) is 13.9 Å². The first-order valence-corrected chi connectivity index (χ1v) is 11.9. The van der Waals surface area contributed by atoms with E-state index in [1.165, 1.54) is 4.31 Å². The third-order valence-corrected chi connectivity index (χ3v) is 6.54. The number of aryl methyl sites for hydroxylation is 2. The number of nitrogens with zero attached hydrogens (tertiary/aromatic N) is 2. The fourth-order valence-corrected chi connectivity index (χ4v) is 4.82. The van der Waals surface area contributed by atoms with Gasteiger partial charge in [-0.05, 0) is 62.7 Å². The van der Waals surface area contributed by atoms with E-state index >= 15 is 0 Å². The second-order valence-corrected chi connectivity index (χ2v) is 9.33. The molecule has 0 spiro atoms. The van der Waals surface area contributed by atoms with Gasteiger partial charge in [0.25, 0.3) is 0 Å². The van der Waals surface area contributed by atoms with E-state index in [0.717, 1.165) is 42.8 Å². The minimum atomic E-state index is -3.69. The highest BCUT2D eigenvalue weighted by atomic mass is 32.2. The Morgan fingerprint density at radius 3 is 2.68 bits per heavy atom. The number of fused-ring (bicyclic) bond motifs is 1. The Morgan fingerprint density at radius 1 is 1.16 bits per heavy atom. The lowest BCUT2D eigenvalue weighted by Crippen LogP contribution is -2.39. The van der Waals surface area contributed by atoms with Crippen molar-refractivity contribution in [2.75, 3.05) is 42.3 Å². The summed E-state index contributed by atoms with van der Waals surface area (Å²) >= 11 is 0. The molecule has 0 fully saturated rings. The molecule has 3 rings (SSSR count). The van der Waals surface area contributed by atoms with Crippen LogP contribution in [0.5, 0.6) is 5.75 Å². The summed E-state index contributed by atoms with van der Waals surface area (Å²) in [5, 5.41) is 0. The zero-order valence-electron chi connectivity index (χ0n) is 18.3. The number of ether oxygens (including phenoxy) is 1. The van der Waals surface area contributed by atoms with Crippen molar-refractivity contribution in [1.82, 2.24) is 4.90 Å². The first kappa shape index (κ1) is 22.9. The Kier molecular flexibility index (Phi) is 7.76. The Labute approximate surface area is 186 Å². The van der Waals surface area contributed by atoms with Gasteiger partial charge in [0.05, 0.1) is 11.4 Å². The van der Waals surface area contributed by atoms with Gasteiger partial charge in [0, 0.05) is 19.6 Å². The smallest absolute Gasteiger partial charge is 0.323 e. The predicted molar refractivity (Wildman–Crippen MR) is 128 cm³/mol. The molecule has 31 heavy (non-hydrogen) atoms. The van der Waals surface area contributed by atoms with E-state index in [1.807, 2.05) is 56.5 Å². The third-order valence-electron chi connectivity index (χ3n) is 5.09. The van der Waals surface area contributed by atoms with Crippen LogP contribution in [0.25, 0.3) is 0 Å². The summed E-state index contributed by atoms with van der Waals surface area (Å²) in [5.41, 5.74) is 3.33. The van der Waals surface area contributed by atoms with Crippen LogP contribution >= 0.6 is 0 Å². The molecule has 2 aromatic rings. The second-order valence-electron chi connectivity index (χ2n) is 7.73. The normalized spacial score (nSPS) is 14.0. The maximum absolute atomic E-state index is 13.0. The van der Waals surface area contributed by atoms with Gasteiger partial charge in [-0.25, -0.2) is 0 Å². The minimum absolute atomic E-state index is 0.454. The molecular formula is C24H31N3O3S. The third kappa shape index (κ3) is 6.35. The molecule has 0 unspecified atom stereocenters. The Bertz CT molecular complexity index is 1020. The molecular weight excluding hydrogens is 410 g/mol. The van der Waals surface area contributed by atoms with Crippen molar-refractivity contribution >= 4 is 21.6 Å². The largest absolute Gasteiger partial charge is 0.490 e. The number of benzene rings is 2. The molecule has 2 aromatic carbocycles. The van der Waals surface area contributed by atoms with Crippen molar-refractivity contribution in [3.8, 4) is 5.75 Å². The minimum Gasteiger partial charge on any atom is -0.490 e. The molecule has 0 aromatic heterocycles. The van der Waals surface area contributed by atoms with Crippen molar-refractivity contribution in [1.29, 1.82) is 0 Å². The molecule has 6 nitrogen and oxygen atoms in total. The van der Waals surface area contributed by atoms with Crippen molar-refractivity contribution < 1.29 is 13.2 Å². The van der Waals surface area contributed by atoms with Crippen LogP contribution in [-0.2, 0) is 16.6 Å². The number of hydrogen-bond acceptors (Lipinski definition) is 4. The summed E-state index contributed by atoms with van der Waals surface area (Å²) in [5.74, 6) is 0.744. The summed E-state index contributed by atoms with van der Waals surface area (Å²) in [7, 11) is -1.66. The van der Waals surface area contributed by atoms with Crippen LogP contribution in [-0.4, -0.2) is 46.6 Å². The molecule has 0 saturated carbocycles. The molecule has 0 radical (unpaired) electrons. The molecule has 1 heterocycles. The fraction of sp³-hybridized carbons (Fsp3) is 0.333. The highest BCUT2D eigenvalue weighted by molar-refractivity contribution is 7.94. The van der Waals surface area contributed by atoms with E-state index < -0.39 is 10.2 Å². The van der Waals surface area contributed by atoms with Crippen LogP contribution in [0.15, 0.2) is 67.3 Å². The first-order chi connectivity index (χ1) is 14.9. The number of rotatable bonds is 10. The highest BCUT2D eigenvalue weighted by Crippen LogP contribution is 2.32. The van der Waals surface area contributed by atoms with Gasteiger partial charge in [-0.15, -0.1) is 6.58 Å². The zero-order valence-corrected chi connectivity index (χ0v) is 19.1. The van der Waals surface area contributed by atoms with Crippen LogP contribution in [0.2, 0.25) is 0 Å². The summed E-state index contributed by atoms with van der Waals surface area (Å²) in [6.07, 6.45) is 7.51. The van der Waals surface area contributed by atoms with E-state index in [0.29, 0.717) is 24.5 Å². The van der Waals surface area contributed by atoms with Crippen LogP contribution < -0.4 is 13.8 Å². The van der Waals surface area contributed by atoms with E-state index in [4.69, 9.17) is 4.74 Å². The maximum Gasteiger partial charge on any atom is 0.323 e. The van der Waals surface area contributed by atoms with Crippen LogP contribution in [0, 0.1) is 6.92 Å². The summed E-state index contributed by atoms with van der Waals surface area (Å²) in [4.78, 5) is 2.14. The van der Waals surface area contributed by atoms with E-state index in [2.05, 4.69) is 22.3 Å². The average molecular weight is 442 g/mol. The van der Waals surface area contributed by atoms with Crippen molar-refractivity contribution in [3.63, 3.8) is 0 Å². The molecule has 0 amide bonds. The van der Waals surface area contributed by atoms with Gasteiger partial charge in [0.1, 0.15) is 12.4 Å².